The number of furan rings is 1. The summed E-state index contributed by atoms with van der Waals surface area (Å²) in [5, 5.41) is 6.01. The van der Waals surface area contributed by atoms with E-state index in [9.17, 15) is 0 Å². The van der Waals surface area contributed by atoms with Crippen LogP contribution in [0.4, 0.5) is 0 Å². The number of rotatable bonds is 2. The van der Waals surface area contributed by atoms with Gasteiger partial charge in [0.05, 0.1) is 22.1 Å². The van der Waals surface area contributed by atoms with Crippen LogP contribution in [0.15, 0.2) is 138 Å². The third-order valence-corrected chi connectivity index (χ3v) is 8.12. The molecule has 0 atom stereocenters. The molecular formula is C36H22N2O. The minimum atomic E-state index is 0.907. The minimum absolute atomic E-state index is 0.907. The lowest BCUT2D eigenvalue weighted by molar-refractivity contribution is 0.669. The van der Waals surface area contributed by atoms with Crippen LogP contribution in [0.3, 0.4) is 0 Å². The molecule has 5 aromatic carbocycles. The summed E-state index contributed by atoms with van der Waals surface area (Å²) < 4.78 is 11.0. The van der Waals surface area contributed by atoms with Crippen molar-refractivity contribution in [2.75, 3.05) is 0 Å². The van der Waals surface area contributed by atoms with Crippen LogP contribution in [0.2, 0.25) is 0 Å². The Morgan fingerprint density at radius 2 is 1.15 bits per heavy atom. The molecule has 4 aromatic heterocycles. The molecule has 0 saturated heterocycles. The molecule has 0 N–H and O–H groups in total. The van der Waals surface area contributed by atoms with E-state index in [0.29, 0.717) is 0 Å². The Labute approximate surface area is 223 Å². The van der Waals surface area contributed by atoms with E-state index < -0.39 is 0 Å². The van der Waals surface area contributed by atoms with Gasteiger partial charge in [-0.15, -0.1) is 0 Å². The summed E-state index contributed by atoms with van der Waals surface area (Å²) in [4.78, 5) is 0. The summed E-state index contributed by atoms with van der Waals surface area (Å²) >= 11 is 0. The predicted octanol–water partition coefficient (Wildman–Crippen LogP) is 9.76. The van der Waals surface area contributed by atoms with Crippen LogP contribution >= 0.6 is 0 Å². The van der Waals surface area contributed by atoms with Gasteiger partial charge < -0.3 is 13.4 Å². The zero-order chi connectivity index (χ0) is 25.5. The van der Waals surface area contributed by atoms with E-state index in [-0.39, 0.29) is 0 Å². The zero-order valence-corrected chi connectivity index (χ0v) is 21.0. The molecular weight excluding hydrogens is 476 g/mol. The van der Waals surface area contributed by atoms with Gasteiger partial charge in [0.1, 0.15) is 11.2 Å². The smallest absolute Gasteiger partial charge is 0.135 e. The van der Waals surface area contributed by atoms with Crippen molar-refractivity contribution >= 4 is 60.2 Å². The number of nitrogens with zero attached hydrogens (tertiary/aromatic N) is 2. The monoisotopic (exact) mass is 498 g/mol. The molecule has 0 radical (unpaired) electrons. The van der Waals surface area contributed by atoms with Crippen molar-refractivity contribution in [2.45, 2.75) is 0 Å². The summed E-state index contributed by atoms with van der Waals surface area (Å²) in [5.41, 5.74) is 10.3. The number of aromatic nitrogens is 2. The molecule has 39 heavy (non-hydrogen) atoms. The Hall–Kier alpha value is -5.28. The number of fused-ring (bicyclic) bond motifs is 10. The molecule has 0 amide bonds. The van der Waals surface area contributed by atoms with E-state index >= 15 is 0 Å². The highest BCUT2D eigenvalue weighted by Gasteiger charge is 2.21. The zero-order valence-electron chi connectivity index (χ0n) is 21.0. The van der Waals surface area contributed by atoms with Crippen LogP contribution in [-0.2, 0) is 0 Å². The van der Waals surface area contributed by atoms with Crippen LogP contribution in [0.25, 0.3) is 77.0 Å². The molecule has 0 unspecified atom stereocenters. The van der Waals surface area contributed by atoms with Crippen molar-refractivity contribution in [3.8, 4) is 16.8 Å². The Balaban J connectivity index is 1.51. The van der Waals surface area contributed by atoms with E-state index in [1.165, 1.54) is 49.4 Å². The lowest BCUT2D eigenvalue weighted by Crippen LogP contribution is -1.96. The summed E-state index contributed by atoms with van der Waals surface area (Å²) in [7, 11) is 0. The second-order valence-electron chi connectivity index (χ2n) is 10.2. The quantitative estimate of drug-likeness (QED) is 0.233. The SMILES string of the molecule is c1ccc(-c2c3ccccc3n3ccc4c5ccccc5n(-c5ccc6oc7ccccc7c6c5)c4c23)cc1. The second kappa shape index (κ2) is 7.62. The van der Waals surface area contributed by atoms with Crippen LogP contribution in [0.5, 0.6) is 0 Å². The van der Waals surface area contributed by atoms with Gasteiger partial charge in [0.25, 0.3) is 0 Å². The first-order valence-corrected chi connectivity index (χ1v) is 13.3. The molecule has 0 spiro atoms. The number of para-hydroxylation sites is 3. The topological polar surface area (TPSA) is 22.5 Å². The molecule has 4 heterocycles. The highest BCUT2D eigenvalue weighted by Crippen LogP contribution is 2.43. The molecule has 9 aromatic rings. The maximum atomic E-state index is 6.17. The predicted molar refractivity (Wildman–Crippen MR) is 162 cm³/mol. The third kappa shape index (κ3) is 2.76. The fourth-order valence-corrected chi connectivity index (χ4v) is 6.49. The molecule has 3 nitrogen and oxygen atoms in total. The Morgan fingerprint density at radius 1 is 0.462 bits per heavy atom. The van der Waals surface area contributed by atoms with Crippen LogP contribution in [-0.4, -0.2) is 8.97 Å². The van der Waals surface area contributed by atoms with Gasteiger partial charge >= 0.3 is 0 Å². The number of benzene rings is 5. The van der Waals surface area contributed by atoms with Crippen molar-refractivity contribution in [3.63, 3.8) is 0 Å². The molecule has 3 heteroatoms. The first-order chi connectivity index (χ1) is 19.4. The Bertz CT molecular complexity index is 2390. The van der Waals surface area contributed by atoms with Crippen molar-refractivity contribution < 1.29 is 4.42 Å². The molecule has 0 bridgehead atoms. The lowest BCUT2D eigenvalue weighted by Gasteiger charge is -2.11. The molecule has 9 rings (SSSR count). The number of hydrogen-bond donors (Lipinski definition) is 0. The first-order valence-electron chi connectivity index (χ1n) is 13.3. The molecule has 0 fully saturated rings. The molecule has 0 saturated carbocycles. The molecule has 0 aliphatic rings. The maximum Gasteiger partial charge on any atom is 0.135 e. The van der Waals surface area contributed by atoms with Gasteiger partial charge in [0.2, 0.25) is 0 Å². The summed E-state index contributed by atoms with van der Waals surface area (Å²) in [5.74, 6) is 0. The van der Waals surface area contributed by atoms with Crippen LogP contribution in [0.1, 0.15) is 0 Å². The van der Waals surface area contributed by atoms with Gasteiger partial charge in [-0.3, -0.25) is 0 Å². The summed E-state index contributed by atoms with van der Waals surface area (Å²) in [6, 6.07) is 45.4. The van der Waals surface area contributed by atoms with Gasteiger partial charge in [-0.1, -0.05) is 84.9 Å². The van der Waals surface area contributed by atoms with E-state index in [1.54, 1.807) is 0 Å². The summed E-state index contributed by atoms with van der Waals surface area (Å²) in [6.45, 7) is 0. The highest BCUT2D eigenvalue weighted by atomic mass is 16.3. The standard InChI is InChI=1S/C36H22N2O/c1-2-10-23(11-3-1)34-28-14-5-7-15-30(28)37-21-20-27-25-12-4-8-16-31(25)38(35(27)36(34)37)24-18-19-33-29(22-24)26-13-6-9-17-32(26)39-33/h1-22H. The van der Waals surface area contributed by atoms with E-state index in [2.05, 4.69) is 130 Å². The second-order valence-corrected chi connectivity index (χ2v) is 10.2. The van der Waals surface area contributed by atoms with Gasteiger partial charge in [-0.25, -0.2) is 0 Å². The third-order valence-electron chi connectivity index (χ3n) is 8.12. The highest BCUT2D eigenvalue weighted by molar-refractivity contribution is 6.21. The largest absolute Gasteiger partial charge is 0.456 e. The maximum absolute atomic E-state index is 6.17. The fraction of sp³-hybridized carbons (Fsp3) is 0. The average molecular weight is 499 g/mol. The van der Waals surface area contributed by atoms with Crippen molar-refractivity contribution in [1.82, 2.24) is 8.97 Å². The number of hydrogen-bond acceptors (Lipinski definition) is 1. The van der Waals surface area contributed by atoms with E-state index in [4.69, 9.17) is 4.42 Å². The van der Waals surface area contributed by atoms with Crippen LogP contribution < -0.4 is 0 Å². The van der Waals surface area contributed by atoms with E-state index in [1.807, 2.05) is 12.1 Å². The van der Waals surface area contributed by atoms with Crippen molar-refractivity contribution in [2.24, 2.45) is 0 Å². The van der Waals surface area contributed by atoms with E-state index in [0.717, 1.165) is 27.6 Å². The Kier molecular flexibility index (Phi) is 4.05. The van der Waals surface area contributed by atoms with Gasteiger partial charge in [-0.2, -0.15) is 0 Å². The molecule has 0 aliphatic heterocycles. The fourth-order valence-electron chi connectivity index (χ4n) is 6.49. The van der Waals surface area contributed by atoms with Crippen molar-refractivity contribution in [3.05, 3.63) is 134 Å². The van der Waals surface area contributed by atoms with Crippen molar-refractivity contribution in [1.29, 1.82) is 0 Å². The normalized spacial score (nSPS) is 12.1. The number of pyridine rings is 1. The van der Waals surface area contributed by atoms with Crippen LogP contribution in [0, 0.1) is 0 Å². The minimum Gasteiger partial charge on any atom is -0.456 e. The summed E-state index contributed by atoms with van der Waals surface area (Å²) in [6.07, 6.45) is 2.23. The first kappa shape index (κ1) is 20.7. The average Bonchev–Trinajstić information content (AvgIpc) is 3.65. The Morgan fingerprint density at radius 3 is 2.03 bits per heavy atom. The lowest BCUT2D eigenvalue weighted by atomic mass is 10.0. The van der Waals surface area contributed by atoms with Gasteiger partial charge in [0, 0.05) is 44.4 Å². The van der Waals surface area contributed by atoms with Gasteiger partial charge in [-0.05, 0) is 48.0 Å². The molecule has 182 valence electrons. The molecule has 0 aliphatic carbocycles. The van der Waals surface area contributed by atoms with Gasteiger partial charge in [0.15, 0.2) is 0 Å².